The minimum Gasteiger partial charge on any atom is -0.392 e. The van der Waals surface area contributed by atoms with Crippen LogP contribution < -0.4 is 0 Å². The van der Waals surface area contributed by atoms with Crippen molar-refractivity contribution in [1.29, 1.82) is 0 Å². The van der Waals surface area contributed by atoms with Crippen LogP contribution in [-0.4, -0.2) is 46.3 Å². The van der Waals surface area contributed by atoms with Crippen LogP contribution in [0.4, 0.5) is 0 Å². The Balaban J connectivity index is 2.75. The Hall–Kier alpha value is -0.870. The summed E-state index contributed by atoms with van der Waals surface area (Å²) in [4.78, 5) is 13.5. The number of hydrogen-bond acceptors (Lipinski definition) is 3. The zero-order valence-corrected chi connectivity index (χ0v) is 10.9. The normalized spacial score (nSPS) is 29.4. The first-order valence-electron chi connectivity index (χ1n) is 6.07. The maximum atomic E-state index is 11.8. The average Bonchev–Trinajstić information content (AvgIpc) is 2.26. The van der Waals surface area contributed by atoms with Crippen LogP contribution in [-0.2, 0) is 4.79 Å². The lowest BCUT2D eigenvalue weighted by atomic mass is 9.77. The van der Waals surface area contributed by atoms with E-state index in [4.69, 9.17) is 0 Å². The van der Waals surface area contributed by atoms with Crippen LogP contribution in [0, 0.1) is 5.41 Å². The SMILES string of the molecule is C=C(C)C(=O)N1CCC(O)C(C)(C)C(O)CC1. The van der Waals surface area contributed by atoms with E-state index in [1.165, 1.54) is 0 Å². The maximum absolute atomic E-state index is 11.8. The van der Waals surface area contributed by atoms with Gasteiger partial charge in [-0.2, -0.15) is 0 Å². The smallest absolute Gasteiger partial charge is 0.248 e. The van der Waals surface area contributed by atoms with Gasteiger partial charge in [0.15, 0.2) is 0 Å². The summed E-state index contributed by atoms with van der Waals surface area (Å²) in [5.74, 6) is -0.0934. The fourth-order valence-corrected chi connectivity index (χ4v) is 2.11. The first-order chi connectivity index (χ1) is 7.76. The van der Waals surface area contributed by atoms with E-state index in [2.05, 4.69) is 6.58 Å². The van der Waals surface area contributed by atoms with Crippen molar-refractivity contribution in [1.82, 2.24) is 4.90 Å². The molecule has 98 valence electrons. The van der Waals surface area contributed by atoms with E-state index in [9.17, 15) is 15.0 Å². The number of hydrogen-bond donors (Lipinski definition) is 2. The summed E-state index contributed by atoms with van der Waals surface area (Å²) in [6.07, 6.45) is -0.219. The highest BCUT2D eigenvalue weighted by Crippen LogP contribution is 2.31. The molecule has 1 saturated heterocycles. The predicted molar refractivity (Wildman–Crippen MR) is 66.4 cm³/mol. The summed E-state index contributed by atoms with van der Waals surface area (Å²) in [6.45, 7) is 10.1. The number of likely N-dealkylation sites (tertiary alicyclic amines) is 1. The van der Waals surface area contributed by atoms with Crippen molar-refractivity contribution in [2.24, 2.45) is 5.41 Å². The molecular weight excluding hydrogens is 218 g/mol. The third kappa shape index (κ3) is 3.07. The summed E-state index contributed by atoms with van der Waals surface area (Å²) < 4.78 is 0. The number of nitrogens with zero attached hydrogens (tertiary/aromatic N) is 1. The second kappa shape index (κ2) is 5.19. The van der Waals surface area contributed by atoms with Gasteiger partial charge in [-0.1, -0.05) is 20.4 Å². The molecule has 4 nitrogen and oxygen atoms in total. The Morgan fingerprint density at radius 1 is 1.24 bits per heavy atom. The van der Waals surface area contributed by atoms with Gasteiger partial charge in [0.1, 0.15) is 0 Å². The highest BCUT2D eigenvalue weighted by Gasteiger charge is 2.37. The van der Waals surface area contributed by atoms with Crippen molar-refractivity contribution in [3.05, 3.63) is 12.2 Å². The van der Waals surface area contributed by atoms with Gasteiger partial charge in [-0.05, 0) is 19.8 Å². The van der Waals surface area contributed by atoms with Gasteiger partial charge in [0.05, 0.1) is 12.2 Å². The van der Waals surface area contributed by atoms with Crippen molar-refractivity contribution in [3.63, 3.8) is 0 Å². The Morgan fingerprint density at radius 3 is 2.00 bits per heavy atom. The van der Waals surface area contributed by atoms with E-state index < -0.39 is 17.6 Å². The monoisotopic (exact) mass is 241 g/mol. The highest BCUT2D eigenvalue weighted by molar-refractivity contribution is 5.92. The minimum absolute atomic E-state index is 0.0934. The van der Waals surface area contributed by atoms with Crippen LogP contribution in [0.25, 0.3) is 0 Å². The Kier molecular flexibility index (Phi) is 4.33. The van der Waals surface area contributed by atoms with Gasteiger partial charge in [-0.3, -0.25) is 4.79 Å². The van der Waals surface area contributed by atoms with E-state index in [-0.39, 0.29) is 5.91 Å². The molecule has 2 unspecified atom stereocenters. The molecule has 0 saturated carbocycles. The van der Waals surface area contributed by atoms with Crippen molar-refractivity contribution < 1.29 is 15.0 Å². The van der Waals surface area contributed by atoms with Gasteiger partial charge in [-0.25, -0.2) is 0 Å². The zero-order valence-electron chi connectivity index (χ0n) is 10.9. The average molecular weight is 241 g/mol. The van der Waals surface area contributed by atoms with Gasteiger partial charge in [-0.15, -0.1) is 0 Å². The van der Waals surface area contributed by atoms with Gasteiger partial charge in [0, 0.05) is 24.1 Å². The van der Waals surface area contributed by atoms with Crippen LogP contribution in [0.3, 0.4) is 0 Å². The molecule has 1 aliphatic rings. The Labute approximate surface area is 103 Å². The van der Waals surface area contributed by atoms with Crippen molar-refractivity contribution in [3.8, 4) is 0 Å². The van der Waals surface area contributed by atoms with Crippen LogP contribution in [0.15, 0.2) is 12.2 Å². The first kappa shape index (κ1) is 14.2. The number of aliphatic hydroxyl groups is 2. The molecule has 0 aromatic heterocycles. The molecule has 0 radical (unpaired) electrons. The summed E-state index contributed by atoms with van der Waals surface area (Å²) in [6, 6.07) is 0. The molecule has 0 aliphatic carbocycles. The lowest BCUT2D eigenvalue weighted by Gasteiger charge is -2.39. The van der Waals surface area contributed by atoms with Crippen LogP contribution in [0.5, 0.6) is 0 Å². The standard InChI is InChI=1S/C13H23NO3/c1-9(2)12(17)14-7-5-10(15)13(3,4)11(16)6-8-14/h10-11,15-16H,1,5-8H2,2-4H3. The molecule has 2 N–H and O–H groups in total. The summed E-state index contributed by atoms with van der Waals surface area (Å²) >= 11 is 0. The second-order valence-corrected chi connectivity index (χ2v) is 5.50. The van der Waals surface area contributed by atoms with Gasteiger partial charge < -0.3 is 15.1 Å². The summed E-state index contributed by atoms with van der Waals surface area (Å²) in [5, 5.41) is 20.1. The van der Waals surface area contributed by atoms with Gasteiger partial charge >= 0.3 is 0 Å². The molecule has 0 aromatic carbocycles. The molecule has 0 spiro atoms. The molecule has 17 heavy (non-hydrogen) atoms. The van der Waals surface area contributed by atoms with Crippen molar-refractivity contribution in [2.45, 2.75) is 45.8 Å². The Morgan fingerprint density at radius 2 is 1.65 bits per heavy atom. The fraction of sp³-hybridized carbons (Fsp3) is 0.769. The van der Waals surface area contributed by atoms with E-state index in [0.717, 1.165) is 0 Å². The second-order valence-electron chi connectivity index (χ2n) is 5.50. The molecule has 0 bridgehead atoms. The molecule has 1 aliphatic heterocycles. The van der Waals surface area contributed by atoms with Gasteiger partial charge in [0.25, 0.3) is 0 Å². The van der Waals surface area contributed by atoms with E-state index >= 15 is 0 Å². The number of carbonyl (C=O) groups is 1. The van der Waals surface area contributed by atoms with E-state index in [1.54, 1.807) is 11.8 Å². The largest absolute Gasteiger partial charge is 0.392 e. The number of aliphatic hydroxyl groups excluding tert-OH is 2. The van der Waals surface area contributed by atoms with Crippen LogP contribution in [0.1, 0.15) is 33.6 Å². The maximum Gasteiger partial charge on any atom is 0.248 e. The van der Waals surface area contributed by atoms with E-state index in [1.807, 2.05) is 13.8 Å². The molecule has 2 atom stereocenters. The Bertz CT molecular complexity index is 296. The molecule has 1 fully saturated rings. The van der Waals surface area contributed by atoms with Crippen LogP contribution >= 0.6 is 0 Å². The fourth-order valence-electron chi connectivity index (χ4n) is 2.11. The quantitative estimate of drug-likeness (QED) is 0.671. The van der Waals surface area contributed by atoms with Gasteiger partial charge in [0.2, 0.25) is 5.91 Å². The van der Waals surface area contributed by atoms with Crippen molar-refractivity contribution >= 4 is 5.91 Å². The molecule has 1 rings (SSSR count). The first-order valence-corrected chi connectivity index (χ1v) is 6.07. The predicted octanol–water partition coefficient (Wildman–Crippen LogP) is 0.933. The molecule has 0 aromatic rings. The molecule has 1 amide bonds. The summed E-state index contributed by atoms with van der Waals surface area (Å²) in [7, 11) is 0. The lowest BCUT2D eigenvalue weighted by Crippen LogP contribution is -2.48. The summed E-state index contributed by atoms with van der Waals surface area (Å²) in [5.41, 5.74) is -0.0212. The minimum atomic E-state index is -0.599. The number of carbonyl (C=O) groups excluding carboxylic acids is 1. The third-order valence-electron chi connectivity index (χ3n) is 3.71. The molecule has 1 heterocycles. The number of rotatable bonds is 1. The number of amides is 1. The lowest BCUT2D eigenvalue weighted by molar-refractivity contribution is -0.130. The topological polar surface area (TPSA) is 60.8 Å². The molecular formula is C13H23NO3. The molecule has 4 heteroatoms. The third-order valence-corrected chi connectivity index (χ3v) is 3.71. The van der Waals surface area contributed by atoms with Crippen molar-refractivity contribution in [2.75, 3.05) is 13.1 Å². The highest BCUT2D eigenvalue weighted by atomic mass is 16.3. The van der Waals surface area contributed by atoms with E-state index in [0.29, 0.717) is 31.5 Å². The zero-order chi connectivity index (χ0) is 13.2. The van der Waals surface area contributed by atoms with Crippen LogP contribution in [0.2, 0.25) is 0 Å².